The molecule has 0 radical (unpaired) electrons. The van der Waals surface area contributed by atoms with Crippen molar-refractivity contribution in [1.82, 2.24) is 0 Å². The fourth-order valence-corrected chi connectivity index (χ4v) is 2.05. The Labute approximate surface area is 129 Å². The average molecular weight is 305 g/mol. The molecule has 21 heavy (non-hydrogen) atoms. The highest BCUT2D eigenvalue weighted by Gasteiger charge is 2.10. The molecule has 4 nitrogen and oxygen atoms in total. The Morgan fingerprint density at radius 3 is 2.52 bits per heavy atom. The molecule has 0 saturated heterocycles. The third kappa shape index (κ3) is 4.13. The Hall–Kier alpha value is -2.20. The van der Waals surface area contributed by atoms with Crippen molar-refractivity contribution in [3.63, 3.8) is 0 Å². The summed E-state index contributed by atoms with van der Waals surface area (Å²) in [4.78, 5) is 0. The van der Waals surface area contributed by atoms with Gasteiger partial charge in [0.25, 0.3) is 0 Å². The van der Waals surface area contributed by atoms with E-state index in [9.17, 15) is 0 Å². The summed E-state index contributed by atoms with van der Waals surface area (Å²) >= 11 is 6.18. The van der Waals surface area contributed by atoms with Gasteiger partial charge in [0.2, 0.25) is 0 Å². The third-order valence-electron chi connectivity index (χ3n) is 2.81. The lowest BCUT2D eigenvalue weighted by Crippen LogP contribution is -2.01. The van der Waals surface area contributed by atoms with Gasteiger partial charge in [0.15, 0.2) is 11.5 Å². The number of benzene rings is 2. The number of ether oxygens (including phenoxy) is 2. The second kappa shape index (κ2) is 7.55. The summed E-state index contributed by atoms with van der Waals surface area (Å²) in [6, 6.07) is 13.4. The number of hydrogen-bond acceptors (Lipinski definition) is 4. The maximum Gasteiger partial charge on any atom is 0.163 e. The molecule has 0 unspecified atom stereocenters. The summed E-state index contributed by atoms with van der Waals surface area (Å²) in [7, 11) is 0. The SMILES string of the molecule is CCOc1cc(C=NN)c(Cl)cc1OCc1ccccc1. The van der Waals surface area contributed by atoms with Crippen LogP contribution in [0.3, 0.4) is 0 Å². The van der Waals surface area contributed by atoms with Crippen molar-refractivity contribution in [2.24, 2.45) is 10.9 Å². The number of hydrogen-bond donors (Lipinski definition) is 1. The molecular weight excluding hydrogens is 288 g/mol. The Kier molecular flexibility index (Phi) is 5.46. The van der Waals surface area contributed by atoms with Crippen LogP contribution in [-0.4, -0.2) is 12.8 Å². The van der Waals surface area contributed by atoms with Gasteiger partial charge in [-0.25, -0.2) is 0 Å². The lowest BCUT2D eigenvalue weighted by Gasteiger charge is -2.13. The molecule has 0 aliphatic heterocycles. The number of nitrogens with zero attached hydrogens (tertiary/aromatic N) is 1. The maximum atomic E-state index is 6.18. The number of hydrazone groups is 1. The van der Waals surface area contributed by atoms with Crippen molar-refractivity contribution >= 4 is 17.8 Å². The highest BCUT2D eigenvalue weighted by atomic mass is 35.5. The zero-order chi connectivity index (χ0) is 15.1. The van der Waals surface area contributed by atoms with Gasteiger partial charge in [0, 0.05) is 11.6 Å². The second-order valence-corrected chi connectivity index (χ2v) is 4.71. The molecule has 0 spiro atoms. The molecule has 0 atom stereocenters. The summed E-state index contributed by atoms with van der Waals surface area (Å²) in [5.74, 6) is 6.38. The lowest BCUT2D eigenvalue weighted by molar-refractivity contribution is 0.269. The van der Waals surface area contributed by atoms with Crippen LogP contribution in [0.25, 0.3) is 0 Å². The Morgan fingerprint density at radius 1 is 1.14 bits per heavy atom. The first-order chi connectivity index (χ1) is 10.2. The molecule has 0 amide bonds. The standard InChI is InChI=1S/C16H17ClN2O2/c1-2-20-15-8-13(10-19-18)14(17)9-16(15)21-11-12-6-4-3-5-7-12/h3-10H,2,11,18H2,1H3. The number of rotatable bonds is 6. The van der Waals surface area contributed by atoms with Crippen molar-refractivity contribution in [3.05, 3.63) is 58.6 Å². The van der Waals surface area contributed by atoms with Crippen molar-refractivity contribution < 1.29 is 9.47 Å². The molecule has 0 saturated carbocycles. The van der Waals surface area contributed by atoms with E-state index in [4.69, 9.17) is 26.9 Å². The smallest absolute Gasteiger partial charge is 0.163 e. The van der Waals surface area contributed by atoms with Crippen LogP contribution in [0.2, 0.25) is 5.02 Å². The van der Waals surface area contributed by atoms with E-state index >= 15 is 0 Å². The molecule has 0 fully saturated rings. The summed E-state index contributed by atoms with van der Waals surface area (Å²) in [6.45, 7) is 2.89. The quantitative estimate of drug-likeness (QED) is 0.504. The molecule has 2 rings (SSSR count). The van der Waals surface area contributed by atoms with Gasteiger partial charge in [-0.05, 0) is 18.6 Å². The summed E-state index contributed by atoms with van der Waals surface area (Å²) in [5.41, 5.74) is 1.76. The first-order valence-electron chi connectivity index (χ1n) is 6.61. The van der Waals surface area contributed by atoms with E-state index in [1.807, 2.05) is 37.3 Å². The number of nitrogens with two attached hydrogens (primary N) is 1. The van der Waals surface area contributed by atoms with E-state index in [2.05, 4.69) is 5.10 Å². The fraction of sp³-hybridized carbons (Fsp3) is 0.188. The van der Waals surface area contributed by atoms with E-state index in [0.717, 1.165) is 5.56 Å². The maximum absolute atomic E-state index is 6.18. The minimum atomic E-state index is 0.446. The summed E-state index contributed by atoms with van der Waals surface area (Å²) in [6.07, 6.45) is 1.48. The molecule has 5 heteroatoms. The topological polar surface area (TPSA) is 56.8 Å². The van der Waals surface area contributed by atoms with Crippen molar-refractivity contribution in [2.75, 3.05) is 6.61 Å². The first kappa shape index (κ1) is 15.2. The molecule has 2 N–H and O–H groups in total. The minimum Gasteiger partial charge on any atom is -0.490 e. The Balaban J connectivity index is 2.22. The molecule has 0 aliphatic carbocycles. The van der Waals surface area contributed by atoms with Crippen molar-refractivity contribution in [2.45, 2.75) is 13.5 Å². The fourth-order valence-electron chi connectivity index (χ4n) is 1.85. The third-order valence-corrected chi connectivity index (χ3v) is 3.14. The van der Waals surface area contributed by atoms with E-state index in [1.165, 1.54) is 6.21 Å². The molecular formula is C16H17ClN2O2. The molecule has 110 valence electrons. The molecule has 0 aliphatic rings. The highest BCUT2D eigenvalue weighted by molar-refractivity contribution is 6.33. The van der Waals surface area contributed by atoms with Gasteiger partial charge in [-0.3, -0.25) is 0 Å². The molecule has 0 heterocycles. The monoisotopic (exact) mass is 304 g/mol. The average Bonchev–Trinajstić information content (AvgIpc) is 2.50. The van der Waals surface area contributed by atoms with Crippen LogP contribution in [0.5, 0.6) is 11.5 Å². The van der Waals surface area contributed by atoms with E-state index in [-0.39, 0.29) is 0 Å². The van der Waals surface area contributed by atoms with Crippen LogP contribution in [0.15, 0.2) is 47.6 Å². The predicted octanol–water partition coefficient (Wildman–Crippen LogP) is 3.61. The summed E-state index contributed by atoms with van der Waals surface area (Å²) in [5, 5.41) is 4.00. The molecule has 0 aromatic heterocycles. The Morgan fingerprint density at radius 2 is 1.86 bits per heavy atom. The van der Waals surface area contributed by atoms with Crippen molar-refractivity contribution in [1.29, 1.82) is 0 Å². The van der Waals surface area contributed by atoms with E-state index < -0.39 is 0 Å². The van der Waals surface area contributed by atoms with Crippen LogP contribution in [0.1, 0.15) is 18.1 Å². The van der Waals surface area contributed by atoms with Crippen LogP contribution in [-0.2, 0) is 6.61 Å². The minimum absolute atomic E-state index is 0.446. The van der Waals surface area contributed by atoms with Crippen LogP contribution < -0.4 is 15.3 Å². The van der Waals surface area contributed by atoms with E-state index in [1.54, 1.807) is 12.1 Å². The predicted molar refractivity (Wildman–Crippen MR) is 85.2 cm³/mol. The van der Waals surface area contributed by atoms with Gasteiger partial charge in [0.05, 0.1) is 17.8 Å². The largest absolute Gasteiger partial charge is 0.490 e. The van der Waals surface area contributed by atoms with Crippen LogP contribution in [0.4, 0.5) is 0 Å². The zero-order valence-corrected chi connectivity index (χ0v) is 12.5. The zero-order valence-electron chi connectivity index (χ0n) is 11.8. The molecule has 0 bridgehead atoms. The Bertz CT molecular complexity index is 615. The molecule has 2 aromatic carbocycles. The first-order valence-corrected chi connectivity index (χ1v) is 6.98. The van der Waals surface area contributed by atoms with Gasteiger partial charge in [-0.2, -0.15) is 5.10 Å². The van der Waals surface area contributed by atoms with Gasteiger partial charge < -0.3 is 15.3 Å². The van der Waals surface area contributed by atoms with Crippen LogP contribution in [0, 0.1) is 0 Å². The highest BCUT2D eigenvalue weighted by Crippen LogP contribution is 2.33. The number of halogens is 1. The van der Waals surface area contributed by atoms with Crippen LogP contribution >= 0.6 is 11.6 Å². The normalized spacial score (nSPS) is 10.8. The van der Waals surface area contributed by atoms with Gasteiger partial charge >= 0.3 is 0 Å². The van der Waals surface area contributed by atoms with E-state index in [0.29, 0.717) is 35.3 Å². The summed E-state index contributed by atoms with van der Waals surface area (Å²) < 4.78 is 11.4. The van der Waals surface area contributed by atoms with Gasteiger partial charge in [-0.15, -0.1) is 0 Å². The molecule has 2 aromatic rings. The van der Waals surface area contributed by atoms with Gasteiger partial charge in [-0.1, -0.05) is 41.9 Å². The van der Waals surface area contributed by atoms with Gasteiger partial charge in [0.1, 0.15) is 6.61 Å². The second-order valence-electron chi connectivity index (χ2n) is 4.31. The lowest BCUT2D eigenvalue weighted by atomic mass is 10.2. The van der Waals surface area contributed by atoms with Crippen molar-refractivity contribution in [3.8, 4) is 11.5 Å².